The zero-order valence-electron chi connectivity index (χ0n) is 15.5. The number of carbonyl (C=O) groups is 2. The lowest BCUT2D eigenvalue weighted by atomic mass is 10.0. The monoisotopic (exact) mass is 366 g/mol. The fourth-order valence-electron chi connectivity index (χ4n) is 3.06. The number of carboxylic acids is 1. The standard InChI is InChI=1S/C20H22N4O3/c1-12(2)24-19-16(11-21-24)15(9-13(3)22-19)20(27)23-17(10-18(25)26)14-7-5-4-6-8-14/h4-9,11-12,17H,10H2,1-3H3,(H,23,27)(H,25,26). The molecule has 0 radical (unpaired) electrons. The van der Waals surface area contributed by atoms with E-state index in [4.69, 9.17) is 0 Å². The predicted molar refractivity (Wildman–Crippen MR) is 102 cm³/mol. The van der Waals surface area contributed by atoms with Crippen LogP contribution in [0.1, 0.15) is 54.0 Å². The van der Waals surface area contributed by atoms with Gasteiger partial charge in [-0.2, -0.15) is 5.10 Å². The van der Waals surface area contributed by atoms with Crippen molar-refractivity contribution in [3.05, 3.63) is 59.4 Å². The van der Waals surface area contributed by atoms with E-state index in [0.29, 0.717) is 22.3 Å². The Morgan fingerprint density at radius 3 is 2.56 bits per heavy atom. The summed E-state index contributed by atoms with van der Waals surface area (Å²) < 4.78 is 1.77. The van der Waals surface area contributed by atoms with Gasteiger partial charge in [-0.3, -0.25) is 9.59 Å². The molecule has 1 aromatic carbocycles. The third kappa shape index (κ3) is 3.97. The van der Waals surface area contributed by atoms with Crippen LogP contribution in [0.15, 0.2) is 42.6 Å². The van der Waals surface area contributed by atoms with Gasteiger partial charge in [0.25, 0.3) is 5.91 Å². The molecule has 0 aliphatic carbocycles. The van der Waals surface area contributed by atoms with E-state index in [1.165, 1.54) is 0 Å². The number of amides is 1. The Labute approximate surface area is 157 Å². The van der Waals surface area contributed by atoms with Crippen molar-refractivity contribution in [3.8, 4) is 0 Å². The number of nitrogens with zero attached hydrogens (tertiary/aromatic N) is 3. The quantitative estimate of drug-likeness (QED) is 0.698. The molecule has 1 amide bonds. The summed E-state index contributed by atoms with van der Waals surface area (Å²) in [6, 6.07) is 10.3. The molecule has 2 heterocycles. The molecule has 140 valence electrons. The Kier molecular flexibility index (Phi) is 5.21. The van der Waals surface area contributed by atoms with Gasteiger partial charge in [-0.25, -0.2) is 9.67 Å². The Hall–Kier alpha value is -3.22. The summed E-state index contributed by atoms with van der Waals surface area (Å²) in [4.78, 5) is 28.8. The van der Waals surface area contributed by atoms with Crippen molar-refractivity contribution in [3.63, 3.8) is 0 Å². The van der Waals surface area contributed by atoms with Crippen LogP contribution in [-0.4, -0.2) is 31.7 Å². The fourth-order valence-corrected chi connectivity index (χ4v) is 3.06. The molecule has 2 N–H and O–H groups in total. The molecule has 1 unspecified atom stereocenters. The van der Waals surface area contributed by atoms with Crippen LogP contribution >= 0.6 is 0 Å². The average molecular weight is 366 g/mol. The van der Waals surface area contributed by atoms with Gasteiger partial charge in [0.15, 0.2) is 5.65 Å². The third-order valence-electron chi connectivity index (χ3n) is 4.31. The third-order valence-corrected chi connectivity index (χ3v) is 4.31. The molecular weight excluding hydrogens is 344 g/mol. The molecule has 0 aliphatic rings. The molecule has 7 nitrogen and oxygen atoms in total. The van der Waals surface area contributed by atoms with E-state index in [-0.39, 0.29) is 18.4 Å². The minimum absolute atomic E-state index is 0.108. The second-order valence-corrected chi connectivity index (χ2v) is 6.77. The van der Waals surface area contributed by atoms with Crippen LogP contribution in [0, 0.1) is 6.92 Å². The first-order valence-electron chi connectivity index (χ1n) is 8.79. The molecule has 27 heavy (non-hydrogen) atoms. The topological polar surface area (TPSA) is 97.1 Å². The molecule has 0 saturated heterocycles. The van der Waals surface area contributed by atoms with Crippen LogP contribution in [0.25, 0.3) is 11.0 Å². The van der Waals surface area contributed by atoms with E-state index in [1.54, 1.807) is 29.1 Å². The Bertz CT molecular complexity index is 980. The molecule has 3 aromatic rings. The van der Waals surface area contributed by atoms with Gasteiger partial charge < -0.3 is 10.4 Å². The number of fused-ring (bicyclic) bond motifs is 1. The number of hydrogen-bond acceptors (Lipinski definition) is 4. The number of benzene rings is 1. The summed E-state index contributed by atoms with van der Waals surface area (Å²) in [5.74, 6) is -1.32. The molecular formula is C20H22N4O3. The van der Waals surface area contributed by atoms with E-state index in [2.05, 4.69) is 15.4 Å². The summed E-state index contributed by atoms with van der Waals surface area (Å²) >= 11 is 0. The smallest absolute Gasteiger partial charge is 0.305 e. The Balaban J connectivity index is 1.98. The average Bonchev–Trinajstić information content (AvgIpc) is 3.04. The highest BCUT2D eigenvalue weighted by Crippen LogP contribution is 2.23. The number of pyridine rings is 1. The van der Waals surface area contributed by atoms with Crippen LogP contribution in [-0.2, 0) is 4.79 Å². The first kappa shape index (κ1) is 18.6. The second kappa shape index (κ2) is 7.57. The lowest BCUT2D eigenvalue weighted by molar-refractivity contribution is -0.137. The largest absolute Gasteiger partial charge is 0.481 e. The number of carbonyl (C=O) groups excluding carboxylic acids is 1. The van der Waals surface area contributed by atoms with E-state index in [9.17, 15) is 14.7 Å². The minimum atomic E-state index is -0.979. The van der Waals surface area contributed by atoms with Crippen LogP contribution < -0.4 is 5.32 Å². The maximum absolute atomic E-state index is 13.0. The second-order valence-electron chi connectivity index (χ2n) is 6.77. The highest BCUT2D eigenvalue weighted by atomic mass is 16.4. The van der Waals surface area contributed by atoms with E-state index < -0.39 is 12.0 Å². The molecule has 2 aromatic heterocycles. The number of carboxylic acid groups (broad SMARTS) is 1. The van der Waals surface area contributed by atoms with E-state index in [1.807, 2.05) is 39.0 Å². The minimum Gasteiger partial charge on any atom is -0.481 e. The first-order valence-corrected chi connectivity index (χ1v) is 8.79. The van der Waals surface area contributed by atoms with Gasteiger partial charge in [-0.15, -0.1) is 0 Å². The molecule has 1 atom stereocenters. The highest BCUT2D eigenvalue weighted by molar-refractivity contribution is 6.05. The number of aryl methyl sites for hydroxylation is 1. The van der Waals surface area contributed by atoms with Crippen molar-refractivity contribution in [2.75, 3.05) is 0 Å². The van der Waals surface area contributed by atoms with Gasteiger partial charge in [-0.05, 0) is 32.4 Å². The van der Waals surface area contributed by atoms with Gasteiger partial charge >= 0.3 is 5.97 Å². The van der Waals surface area contributed by atoms with Crippen LogP contribution in [0.4, 0.5) is 0 Å². The van der Waals surface area contributed by atoms with Crippen molar-refractivity contribution >= 4 is 22.9 Å². The van der Waals surface area contributed by atoms with Gasteiger partial charge in [0.2, 0.25) is 0 Å². The van der Waals surface area contributed by atoms with Gasteiger partial charge in [0.05, 0.1) is 29.6 Å². The molecule has 0 aliphatic heterocycles. The first-order chi connectivity index (χ1) is 12.9. The molecule has 0 spiro atoms. The number of aromatic nitrogens is 3. The fraction of sp³-hybridized carbons (Fsp3) is 0.300. The maximum atomic E-state index is 13.0. The van der Waals surface area contributed by atoms with Gasteiger partial charge in [0.1, 0.15) is 0 Å². The Morgan fingerprint density at radius 1 is 1.22 bits per heavy atom. The number of nitrogens with one attached hydrogen (secondary N) is 1. The van der Waals surface area contributed by atoms with Gasteiger partial charge in [0, 0.05) is 11.7 Å². The van der Waals surface area contributed by atoms with Crippen molar-refractivity contribution in [2.45, 2.75) is 39.3 Å². The zero-order valence-corrected chi connectivity index (χ0v) is 15.5. The predicted octanol–water partition coefficient (Wildman–Crippen LogP) is 3.27. The number of aliphatic carboxylic acids is 1. The normalized spacial score (nSPS) is 12.3. The zero-order chi connectivity index (χ0) is 19.6. The number of hydrogen-bond donors (Lipinski definition) is 2. The summed E-state index contributed by atoms with van der Waals surface area (Å²) in [5, 5.41) is 17.1. The van der Waals surface area contributed by atoms with E-state index >= 15 is 0 Å². The van der Waals surface area contributed by atoms with E-state index in [0.717, 1.165) is 5.56 Å². The number of rotatable bonds is 6. The van der Waals surface area contributed by atoms with Crippen molar-refractivity contribution in [1.82, 2.24) is 20.1 Å². The molecule has 0 bridgehead atoms. The van der Waals surface area contributed by atoms with Crippen LogP contribution in [0.5, 0.6) is 0 Å². The van der Waals surface area contributed by atoms with Crippen LogP contribution in [0.2, 0.25) is 0 Å². The lowest BCUT2D eigenvalue weighted by Gasteiger charge is -2.18. The summed E-state index contributed by atoms with van der Waals surface area (Å²) in [6.07, 6.45) is 1.43. The summed E-state index contributed by atoms with van der Waals surface area (Å²) in [7, 11) is 0. The highest BCUT2D eigenvalue weighted by Gasteiger charge is 2.22. The van der Waals surface area contributed by atoms with Crippen molar-refractivity contribution in [1.29, 1.82) is 0 Å². The van der Waals surface area contributed by atoms with Crippen molar-refractivity contribution < 1.29 is 14.7 Å². The molecule has 3 rings (SSSR count). The Morgan fingerprint density at radius 2 is 1.93 bits per heavy atom. The van der Waals surface area contributed by atoms with Crippen molar-refractivity contribution in [2.24, 2.45) is 0 Å². The summed E-state index contributed by atoms with van der Waals surface area (Å²) in [6.45, 7) is 5.81. The molecule has 0 fully saturated rings. The summed E-state index contributed by atoms with van der Waals surface area (Å²) in [5.41, 5.74) is 2.53. The van der Waals surface area contributed by atoms with Gasteiger partial charge in [-0.1, -0.05) is 30.3 Å². The lowest BCUT2D eigenvalue weighted by Crippen LogP contribution is -2.30. The SMILES string of the molecule is Cc1cc(C(=O)NC(CC(=O)O)c2ccccc2)c2cnn(C(C)C)c2n1. The molecule has 7 heteroatoms. The molecule has 0 saturated carbocycles. The maximum Gasteiger partial charge on any atom is 0.305 e. The van der Waals surface area contributed by atoms with Crippen LogP contribution in [0.3, 0.4) is 0 Å².